The Balaban J connectivity index is 1.64. The molecule has 0 radical (unpaired) electrons. The number of hydrogen-bond acceptors (Lipinski definition) is 3. The predicted molar refractivity (Wildman–Crippen MR) is 109 cm³/mol. The van der Waals surface area contributed by atoms with Gasteiger partial charge in [-0.25, -0.2) is 8.42 Å². The van der Waals surface area contributed by atoms with Gasteiger partial charge in [-0.05, 0) is 49.4 Å². The predicted octanol–water partition coefficient (Wildman–Crippen LogP) is 3.63. The number of anilines is 1. The van der Waals surface area contributed by atoms with Crippen molar-refractivity contribution in [1.82, 2.24) is 5.32 Å². The number of carbonyl (C=O) groups is 1. The van der Waals surface area contributed by atoms with E-state index in [9.17, 15) is 13.2 Å². The van der Waals surface area contributed by atoms with Gasteiger partial charge in [0.2, 0.25) is 10.0 Å². The molecule has 0 aromatic heterocycles. The molecule has 0 aliphatic carbocycles. The van der Waals surface area contributed by atoms with Crippen LogP contribution >= 0.6 is 11.6 Å². The van der Waals surface area contributed by atoms with Crippen molar-refractivity contribution in [3.05, 3.63) is 64.7 Å². The van der Waals surface area contributed by atoms with Crippen LogP contribution in [0.3, 0.4) is 0 Å². The highest BCUT2D eigenvalue weighted by atomic mass is 35.5. The summed E-state index contributed by atoms with van der Waals surface area (Å²) in [4.78, 5) is 12.5. The van der Waals surface area contributed by atoms with Crippen molar-refractivity contribution in [3.63, 3.8) is 0 Å². The van der Waals surface area contributed by atoms with Crippen LogP contribution in [0, 0.1) is 0 Å². The molecular formula is C20H23ClN2O3S. The minimum Gasteiger partial charge on any atom is -0.352 e. The fraction of sp³-hybridized carbons (Fsp3) is 0.350. The van der Waals surface area contributed by atoms with Crippen molar-refractivity contribution in [3.8, 4) is 0 Å². The SMILES string of the molecule is O=C(NCCCc1ccccc1)c1cc(N2CCCCS2(=O)=O)ccc1Cl. The van der Waals surface area contributed by atoms with Crippen molar-refractivity contribution in [2.75, 3.05) is 23.1 Å². The molecule has 0 bridgehead atoms. The molecule has 1 heterocycles. The van der Waals surface area contributed by atoms with E-state index in [1.807, 2.05) is 18.2 Å². The molecule has 0 spiro atoms. The smallest absolute Gasteiger partial charge is 0.252 e. The van der Waals surface area contributed by atoms with Crippen LogP contribution in [0.15, 0.2) is 48.5 Å². The van der Waals surface area contributed by atoms with Gasteiger partial charge in [-0.3, -0.25) is 9.10 Å². The molecule has 0 unspecified atom stereocenters. The summed E-state index contributed by atoms with van der Waals surface area (Å²) in [6.45, 7) is 0.957. The van der Waals surface area contributed by atoms with Crippen LogP contribution in [0.5, 0.6) is 0 Å². The second kappa shape index (κ2) is 8.76. The van der Waals surface area contributed by atoms with E-state index in [2.05, 4.69) is 17.4 Å². The number of halogens is 1. The highest BCUT2D eigenvalue weighted by Crippen LogP contribution is 2.28. The minimum absolute atomic E-state index is 0.136. The molecule has 0 saturated carbocycles. The molecule has 2 aromatic rings. The highest BCUT2D eigenvalue weighted by Gasteiger charge is 2.27. The number of amides is 1. The first-order valence-corrected chi connectivity index (χ1v) is 11.1. The topological polar surface area (TPSA) is 66.5 Å². The van der Waals surface area contributed by atoms with Crippen molar-refractivity contribution in [1.29, 1.82) is 0 Å². The largest absolute Gasteiger partial charge is 0.352 e. The molecule has 1 aliphatic rings. The third kappa shape index (κ3) is 5.02. The van der Waals surface area contributed by atoms with E-state index in [1.54, 1.807) is 18.2 Å². The molecule has 7 heteroatoms. The van der Waals surface area contributed by atoms with Crippen LogP contribution < -0.4 is 9.62 Å². The number of rotatable bonds is 6. The lowest BCUT2D eigenvalue weighted by Gasteiger charge is -2.28. The molecule has 27 heavy (non-hydrogen) atoms. The van der Waals surface area contributed by atoms with Gasteiger partial charge in [0.25, 0.3) is 5.91 Å². The van der Waals surface area contributed by atoms with Crippen LogP contribution in [-0.2, 0) is 16.4 Å². The minimum atomic E-state index is -3.32. The van der Waals surface area contributed by atoms with Gasteiger partial charge in [-0.2, -0.15) is 0 Å². The Kier molecular flexibility index (Phi) is 6.39. The summed E-state index contributed by atoms with van der Waals surface area (Å²) in [6.07, 6.45) is 3.17. The summed E-state index contributed by atoms with van der Waals surface area (Å²) in [7, 11) is -3.32. The third-order valence-corrected chi connectivity index (χ3v) is 6.80. The van der Waals surface area contributed by atoms with Crippen LogP contribution in [0.2, 0.25) is 5.02 Å². The zero-order valence-electron chi connectivity index (χ0n) is 15.0. The quantitative estimate of drug-likeness (QED) is 0.745. The first kappa shape index (κ1) is 19.7. The average molecular weight is 407 g/mol. The van der Waals surface area contributed by atoms with Crippen LogP contribution in [0.25, 0.3) is 0 Å². The van der Waals surface area contributed by atoms with Gasteiger partial charge in [0.15, 0.2) is 0 Å². The summed E-state index contributed by atoms with van der Waals surface area (Å²) < 4.78 is 25.9. The third-order valence-electron chi connectivity index (χ3n) is 4.60. The van der Waals surface area contributed by atoms with E-state index >= 15 is 0 Å². The van der Waals surface area contributed by atoms with Gasteiger partial charge in [-0.15, -0.1) is 0 Å². The fourth-order valence-electron chi connectivity index (χ4n) is 3.16. The van der Waals surface area contributed by atoms with Crippen LogP contribution in [0.4, 0.5) is 5.69 Å². The normalized spacial score (nSPS) is 16.1. The van der Waals surface area contributed by atoms with Gasteiger partial charge >= 0.3 is 0 Å². The number of aryl methyl sites for hydroxylation is 1. The molecule has 1 aliphatic heterocycles. The first-order valence-electron chi connectivity index (χ1n) is 9.09. The van der Waals surface area contributed by atoms with Gasteiger partial charge in [0.05, 0.1) is 22.0 Å². The second-order valence-corrected chi connectivity index (χ2v) is 9.02. The standard InChI is InChI=1S/C20H23ClN2O3S/c21-19-11-10-17(23-13-4-5-14-27(23,25)26)15-18(19)20(24)22-12-6-9-16-7-2-1-3-8-16/h1-3,7-8,10-11,15H,4-6,9,12-14H2,(H,22,24). The number of nitrogens with zero attached hydrogens (tertiary/aromatic N) is 1. The number of carbonyl (C=O) groups excluding carboxylic acids is 1. The van der Waals surface area contributed by atoms with Gasteiger partial charge < -0.3 is 5.32 Å². The Bertz CT molecular complexity index is 901. The Labute approximate surface area is 165 Å². The van der Waals surface area contributed by atoms with E-state index in [0.717, 1.165) is 19.3 Å². The molecule has 1 saturated heterocycles. The fourth-order valence-corrected chi connectivity index (χ4v) is 4.99. The molecule has 1 N–H and O–H groups in total. The molecule has 1 amide bonds. The molecule has 3 rings (SSSR count). The van der Waals surface area contributed by atoms with Crippen molar-refractivity contribution in [2.45, 2.75) is 25.7 Å². The number of benzene rings is 2. The summed E-state index contributed by atoms with van der Waals surface area (Å²) in [5, 5.41) is 3.18. The zero-order chi connectivity index (χ0) is 19.3. The van der Waals surface area contributed by atoms with Gasteiger partial charge in [-0.1, -0.05) is 41.9 Å². The van der Waals surface area contributed by atoms with Gasteiger partial charge in [0, 0.05) is 13.1 Å². The Morgan fingerprint density at radius 2 is 1.89 bits per heavy atom. The van der Waals surface area contributed by atoms with E-state index in [4.69, 9.17) is 11.6 Å². The summed E-state index contributed by atoms with van der Waals surface area (Å²) >= 11 is 6.18. The van der Waals surface area contributed by atoms with Crippen molar-refractivity contribution < 1.29 is 13.2 Å². The van der Waals surface area contributed by atoms with Crippen LogP contribution in [-0.4, -0.2) is 33.2 Å². The first-order chi connectivity index (χ1) is 13.0. The van der Waals surface area contributed by atoms with E-state index in [-0.39, 0.29) is 11.7 Å². The summed E-state index contributed by atoms with van der Waals surface area (Å²) in [5.74, 6) is -0.152. The molecule has 0 atom stereocenters. The zero-order valence-corrected chi connectivity index (χ0v) is 16.6. The number of hydrogen-bond donors (Lipinski definition) is 1. The highest BCUT2D eigenvalue weighted by molar-refractivity contribution is 7.92. The lowest BCUT2D eigenvalue weighted by Crippen LogP contribution is -2.38. The van der Waals surface area contributed by atoms with Crippen LogP contribution in [0.1, 0.15) is 35.2 Å². The van der Waals surface area contributed by atoms with Gasteiger partial charge in [0.1, 0.15) is 0 Å². The van der Waals surface area contributed by atoms with Crippen molar-refractivity contribution in [2.24, 2.45) is 0 Å². The maximum absolute atomic E-state index is 12.5. The van der Waals surface area contributed by atoms with Crippen molar-refractivity contribution >= 4 is 33.2 Å². The maximum Gasteiger partial charge on any atom is 0.252 e. The van der Waals surface area contributed by atoms with E-state index in [1.165, 1.54) is 9.87 Å². The number of nitrogens with one attached hydrogen (secondary N) is 1. The van der Waals surface area contributed by atoms with E-state index in [0.29, 0.717) is 35.8 Å². The lowest BCUT2D eigenvalue weighted by atomic mass is 10.1. The van der Waals surface area contributed by atoms with E-state index < -0.39 is 10.0 Å². The summed E-state index contributed by atoms with van der Waals surface area (Å²) in [6, 6.07) is 14.9. The number of sulfonamides is 1. The Morgan fingerprint density at radius 3 is 2.63 bits per heavy atom. The molecule has 2 aromatic carbocycles. The molecular weight excluding hydrogens is 384 g/mol. The molecule has 5 nitrogen and oxygen atoms in total. The summed E-state index contributed by atoms with van der Waals surface area (Å²) in [5.41, 5.74) is 2.02. The Morgan fingerprint density at radius 1 is 1.11 bits per heavy atom. The molecule has 144 valence electrons. The lowest BCUT2D eigenvalue weighted by molar-refractivity contribution is 0.0953. The second-order valence-electron chi connectivity index (χ2n) is 6.60. The average Bonchev–Trinajstić information content (AvgIpc) is 2.66. The Hall–Kier alpha value is -2.05. The monoisotopic (exact) mass is 406 g/mol. The maximum atomic E-state index is 12.5. The molecule has 1 fully saturated rings.